The van der Waals surface area contributed by atoms with E-state index in [1.54, 1.807) is 18.2 Å². The number of nitrogens with two attached hydrogens (primary N) is 1. The average molecular weight is 243 g/mol. The van der Waals surface area contributed by atoms with E-state index < -0.39 is 10.9 Å². The average Bonchev–Trinajstić information content (AvgIpc) is 2.25. The SMILES string of the molecule is NC1C=CC(Cl)=CC1(Cl)c1ncncn1. The van der Waals surface area contributed by atoms with Gasteiger partial charge < -0.3 is 5.73 Å². The first-order valence-electron chi connectivity index (χ1n) is 4.26. The summed E-state index contributed by atoms with van der Waals surface area (Å²) in [6.07, 6.45) is 7.81. The summed E-state index contributed by atoms with van der Waals surface area (Å²) >= 11 is 12.2. The Labute approximate surface area is 96.8 Å². The van der Waals surface area contributed by atoms with Crippen molar-refractivity contribution in [3.05, 3.63) is 41.7 Å². The van der Waals surface area contributed by atoms with Crippen LogP contribution in [-0.4, -0.2) is 21.0 Å². The van der Waals surface area contributed by atoms with Crippen LogP contribution in [0, 0.1) is 0 Å². The first-order valence-corrected chi connectivity index (χ1v) is 5.02. The van der Waals surface area contributed by atoms with Gasteiger partial charge in [0.2, 0.25) is 0 Å². The molecule has 0 bridgehead atoms. The topological polar surface area (TPSA) is 64.7 Å². The maximum Gasteiger partial charge on any atom is 0.158 e. The molecule has 1 aromatic heterocycles. The number of alkyl halides is 1. The fourth-order valence-electron chi connectivity index (χ4n) is 1.33. The number of aromatic nitrogens is 3. The van der Waals surface area contributed by atoms with E-state index in [0.29, 0.717) is 10.9 Å². The second-order valence-electron chi connectivity index (χ2n) is 3.14. The summed E-state index contributed by atoms with van der Waals surface area (Å²) in [6, 6.07) is -0.413. The molecule has 0 amide bonds. The maximum atomic E-state index is 6.36. The number of nitrogens with zero attached hydrogens (tertiary/aromatic N) is 3. The Bertz CT molecular complexity index is 417. The predicted octanol–water partition coefficient (Wildman–Crippen LogP) is 1.33. The van der Waals surface area contributed by atoms with Crippen LogP contribution in [-0.2, 0) is 4.87 Å². The molecular formula is C9H8Cl2N4. The van der Waals surface area contributed by atoms with Crippen LogP contribution in [0.5, 0.6) is 0 Å². The van der Waals surface area contributed by atoms with Crippen molar-refractivity contribution in [3.8, 4) is 0 Å². The maximum absolute atomic E-state index is 6.36. The molecule has 2 atom stereocenters. The summed E-state index contributed by atoms with van der Waals surface area (Å²) in [5.74, 6) is 0.397. The Morgan fingerprint density at radius 3 is 2.67 bits per heavy atom. The fourth-order valence-corrected chi connectivity index (χ4v) is 1.92. The van der Waals surface area contributed by atoms with Crippen LogP contribution < -0.4 is 5.73 Å². The summed E-state index contributed by atoms with van der Waals surface area (Å²) in [5.41, 5.74) is 5.89. The van der Waals surface area contributed by atoms with Crippen molar-refractivity contribution in [2.24, 2.45) is 5.73 Å². The van der Waals surface area contributed by atoms with E-state index in [1.807, 2.05) is 0 Å². The highest BCUT2D eigenvalue weighted by Gasteiger charge is 2.38. The Kier molecular flexibility index (Phi) is 2.73. The second kappa shape index (κ2) is 3.89. The standard InChI is InChI=1S/C9H8Cl2N4/c10-6-1-2-7(12)9(11,3-6)8-14-4-13-5-15-8/h1-5,7H,12H2. The molecule has 1 aliphatic rings. The van der Waals surface area contributed by atoms with E-state index in [0.717, 1.165) is 0 Å². The van der Waals surface area contributed by atoms with Gasteiger partial charge in [0.15, 0.2) is 5.82 Å². The summed E-state index contributed by atoms with van der Waals surface area (Å²) in [7, 11) is 0. The van der Waals surface area contributed by atoms with Crippen molar-refractivity contribution in [2.75, 3.05) is 0 Å². The molecule has 0 saturated carbocycles. The van der Waals surface area contributed by atoms with E-state index in [2.05, 4.69) is 15.0 Å². The smallest absolute Gasteiger partial charge is 0.158 e. The molecule has 78 valence electrons. The quantitative estimate of drug-likeness (QED) is 0.755. The Hall–Kier alpha value is -0.970. The van der Waals surface area contributed by atoms with E-state index in [1.165, 1.54) is 12.7 Å². The van der Waals surface area contributed by atoms with Crippen molar-refractivity contribution in [2.45, 2.75) is 10.9 Å². The number of rotatable bonds is 1. The van der Waals surface area contributed by atoms with Gasteiger partial charge in [-0.1, -0.05) is 17.7 Å². The minimum atomic E-state index is -0.991. The number of hydrogen-bond donors (Lipinski definition) is 1. The largest absolute Gasteiger partial charge is 0.322 e. The van der Waals surface area contributed by atoms with Gasteiger partial charge in [0.25, 0.3) is 0 Å². The molecule has 2 unspecified atom stereocenters. The molecule has 6 heteroatoms. The van der Waals surface area contributed by atoms with Crippen LogP contribution in [0.1, 0.15) is 5.82 Å². The van der Waals surface area contributed by atoms with E-state index >= 15 is 0 Å². The summed E-state index contributed by atoms with van der Waals surface area (Å²) in [5, 5.41) is 0.520. The monoisotopic (exact) mass is 242 g/mol. The van der Waals surface area contributed by atoms with Gasteiger partial charge in [-0.25, -0.2) is 15.0 Å². The van der Waals surface area contributed by atoms with Crippen LogP contribution >= 0.6 is 23.2 Å². The molecule has 0 aromatic carbocycles. The molecule has 0 aliphatic heterocycles. The molecule has 2 N–H and O–H groups in total. The van der Waals surface area contributed by atoms with Gasteiger partial charge >= 0.3 is 0 Å². The highest BCUT2D eigenvalue weighted by Crippen LogP contribution is 2.36. The molecule has 1 aromatic rings. The third-order valence-corrected chi connectivity index (χ3v) is 2.90. The van der Waals surface area contributed by atoms with Gasteiger partial charge in [-0.3, -0.25) is 0 Å². The molecule has 0 saturated heterocycles. The molecule has 0 fully saturated rings. The van der Waals surface area contributed by atoms with Crippen LogP contribution in [0.2, 0.25) is 0 Å². The van der Waals surface area contributed by atoms with Gasteiger partial charge in [0, 0.05) is 5.03 Å². The van der Waals surface area contributed by atoms with Crippen LogP contribution in [0.25, 0.3) is 0 Å². The molecule has 2 rings (SSSR count). The van der Waals surface area contributed by atoms with Crippen LogP contribution in [0.4, 0.5) is 0 Å². The number of halogens is 2. The fraction of sp³-hybridized carbons (Fsp3) is 0.222. The van der Waals surface area contributed by atoms with Crippen molar-refractivity contribution in [1.82, 2.24) is 15.0 Å². The normalized spacial score (nSPS) is 30.1. The lowest BCUT2D eigenvalue weighted by Crippen LogP contribution is -2.41. The molecule has 0 spiro atoms. The first kappa shape index (κ1) is 10.5. The van der Waals surface area contributed by atoms with Gasteiger partial charge in [0.05, 0.1) is 6.04 Å². The minimum absolute atomic E-state index is 0.397. The summed E-state index contributed by atoms with van der Waals surface area (Å²) < 4.78 is 0. The lowest BCUT2D eigenvalue weighted by Gasteiger charge is -2.28. The summed E-state index contributed by atoms with van der Waals surface area (Å²) in [4.78, 5) is 10.7. The van der Waals surface area contributed by atoms with Crippen LogP contribution in [0.3, 0.4) is 0 Å². The molecular weight excluding hydrogens is 235 g/mol. The predicted molar refractivity (Wildman–Crippen MR) is 58.4 cm³/mol. The van der Waals surface area contributed by atoms with Crippen LogP contribution in [0.15, 0.2) is 35.9 Å². The number of allylic oxidation sites excluding steroid dienone is 2. The zero-order chi connectivity index (χ0) is 10.9. The third-order valence-electron chi connectivity index (χ3n) is 2.13. The Balaban J connectivity index is 2.46. The van der Waals surface area contributed by atoms with E-state index in [9.17, 15) is 0 Å². The Morgan fingerprint density at radius 1 is 1.33 bits per heavy atom. The number of hydrogen-bond acceptors (Lipinski definition) is 4. The van der Waals surface area contributed by atoms with Gasteiger partial charge in [-0.2, -0.15) is 0 Å². The lowest BCUT2D eigenvalue weighted by molar-refractivity contribution is 0.600. The van der Waals surface area contributed by atoms with Crippen molar-refractivity contribution < 1.29 is 0 Å². The minimum Gasteiger partial charge on any atom is -0.322 e. The zero-order valence-corrected chi connectivity index (χ0v) is 9.15. The first-order chi connectivity index (χ1) is 7.13. The van der Waals surface area contributed by atoms with Crippen molar-refractivity contribution in [3.63, 3.8) is 0 Å². The second-order valence-corrected chi connectivity index (χ2v) is 4.21. The lowest BCUT2D eigenvalue weighted by atomic mass is 9.94. The van der Waals surface area contributed by atoms with Gasteiger partial charge in [0.1, 0.15) is 17.5 Å². The summed E-state index contributed by atoms with van der Waals surface area (Å²) in [6.45, 7) is 0. The molecule has 0 radical (unpaired) electrons. The van der Waals surface area contributed by atoms with E-state index in [4.69, 9.17) is 28.9 Å². The van der Waals surface area contributed by atoms with Crippen molar-refractivity contribution >= 4 is 23.2 Å². The highest BCUT2D eigenvalue weighted by molar-refractivity contribution is 6.33. The van der Waals surface area contributed by atoms with Gasteiger partial charge in [-0.15, -0.1) is 11.6 Å². The highest BCUT2D eigenvalue weighted by atomic mass is 35.5. The van der Waals surface area contributed by atoms with Gasteiger partial charge in [-0.05, 0) is 12.2 Å². The van der Waals surface area contributed by atoms with Crippen molar-refractivity contribution in [1.29, 1.82) is 0 Å². The Morgan fingerprint density at radius 2 is 2.00 bits per heavy atom. The zero-order valence-electron chi connectivity index (χ0n) is 7.64. The van der Waals surface area contributed by atoms with E-state index in [-0.39, 0.29) is 0 Å². The molecule has 15 heavy (non-hydrogen) atoms. The third kappa shape index (κ3) is 1.88. The molecule has 1 aliphatic carbocycles. The molecule has 4 nitrogen and oxygen atoms in total. The molecule has 1 heterocycles.